The fourth-order valence-electron chi connectivity index (χ4n) is 4.54. The topological polar surface area (TPSA) is 141 Å². The van der Waals surface area contributed by atoms with Crippen LogP contribution in [0.3, 0.4) is 0 Å². The van der Waals surface area contributed by atoms with E-state index in [4.69, 9.17) is 4.74 Å². The highest BCUT2D eigenvalue weighted by atomic mass is 32.1. The van der Waals surface area contributed by atoms with E-state index >= 15 is 0 Å². The summed E-state index contributed by atoms with van der Waals surface area (Å²) in [4.78, 5) is 46.0. The van der Waals surface area contributed by atoms with Crippen LogP contribution in [0.1, 0.15) is 64.3 Å². The van der Waals surface area contributed by atoms with E-state index in [2.05, 4.69) is 15.6 Å². The highest BCUT2D eigenvalue weighted by Crippen LogP contribution is 2.29. The van der Waals surface area contributed by atoms with E-state index in [0.717, 1.165) is 22.6 Å². The van der Waals surface area contributed by atoms with E-state index < -0.39 is 47.6 Å². The maximum absolute atomic E-state index is 13.6. The van der Waals surface area contributed by atoms with Crippen molar-refractivity contribution in [2.75, 3.05) is 19.8 Å². The molecule has 1 fully saturated rings. The van der Waals surface area contributed by atoms with Crippen molar-refractivity contribution in [1.82, 2.24) is 20.5 Å². The van der Waals surface area contributed by atoms with Crippen molar-refractivity contribution in [1.29, 1.82) is 0 Å². The molecule has 1 aromatic carbocycles. The fourth-order valence-corrected chi connectivity index (χ4v) is 5.35. The number of hydrogen-bond donors (Lipinski definition) is 4. The molecule has 0 aliphatic carbocycles. The summed E-state index contributed by atoms with van der Waals surface area (Å²) in [5.74, 6) is -0.962. The number of benzene rings is 1. The quantitative estimate of drug-likeness (QED) is 0.327. The van der Waals surface area contributed by atoms with Crippen molar-refractivity contribution >= 4 is 29.2 Å². The first-order chi connectivity index (χ1) is 18.5. The van der Waals surface area contributed by atoms with Gasteiger partial charge in [0.05, 0.1) is 41.4 Å². The van der Waals surface area contributed by atoms with E-state index in [1.807, 2.05) is 58.9 Å². The lowest BCUT2D eigenvalue weighted by Crippen LogP contribution is -2.58. The molecule has 214 valence electrons. The minimum atomic E-state index is -0.969. The summed E-state index contributed by atoms with van der Waals surface area (Å²) in [6.07, 6.45) is 0.0344. The summed E-state index contributed by atoms with van der Waals surface area (Å²) in [7, 11) is 0. The molecule has 1 saturated heterocycles. The first-order valence-electron chi connectivity index (χ1n) is 13.3. The predicted molar refractivity (Wildman–Crippen MR) is 149 cm³/mol. The first kappa shape index (κ1) is 30.5. The number of rotatable bonds is 10. The number of ether oxygens (including phenoxy) is 1. The third-order valence-electron chi connectivity index (χ3n) is 6.79. The Morgan fingerprint density at radius 2 is 1.90 bits per heavy atom. The zero-order valence-electron chi connectivity index (χ0n) is 23.3. The third kappa shape index (κ3) is 7.77. The number of thiazole rings is 1. The minimum absolute atomic E-state index is 0.0389. The Morgan fingerprint density at radius 3 is 2.46 bits per heavy atom. The van der Waals surface area contributed by atoms with E-state index in [9.17, 15) is 24.6 Å². The van der Waals surface area contributed by atoms with E-state index in [0.29, 0.717) is 12.0 Å². The summed E-state index contributed by atoms with van der Waals surface area (Å²) < 4.78 is 5.19. The Kier molecular flexibility index (Phi) is 10.5. The van der Waals surface area contributed by atoms with Crippen LogP contribution in [0.25, 0.3) is 10.4 Å². The van der Waals surface area contributed by atoms with Gasteiger partial charge in [-0.05, 0) is 29.9 Å². The highest BCUT2D eigenvalue weighted by Gasteiger charge is 2.45. The maximum Gasteiger partial charge on any atom is 0.407 e. The number of likely N-dealkylation sites (tertiary alicyclic amines) is 1. The number of aliphatic hydroxyl groups excluding tert-OH is 2. The second kappa shape index (κ2) is 13.4. The van der Waals surface area contributed by atoms with Crippen LogP contribution in [0.5, 0.6) is 0 Å². The number of aliphatic hydroxyl groups is 2. The van der Waals surface area contributed by atoms with Gasteiger partial charge in [-0.25, -0.2) is 9.78 Å². The summed E-state index contributed by atoms with van der Waals surface area (Å²) in [5.41, 5.74) is 3.74. The van der Waals surface area contributed by atoms with Gasteiger partial charge in [-0.15, -0.1) is 11.3 Å². The molecule has 1 aliphatic rings. The average molecular weight is 561 g/mol. The first-order valence-corrected chi connectivity index (χ1v) is 14.2. The number of nitrogens with one attached hydrogen (secondary N) is 2. The summed E-state index contributed by atoms with van der Waals surface area (Å²) >= 11 is 1.54. The molecule has 2 heterocycles. The SMILES string of the molecule is CCCCOC(=O)N[C@H](C(=O)N1C[C@H](O)C[C@H]1C(=O)N[C@@H](CO)c1ccc(-c2scnc2C)cc1)C(C)(C)C. The Hall–Kier alpha value is -3.02. The standard InChI is InChI=1S/C28H40N4O6S/c1-6-7-12-38-27(37)31-24(28(3,4)5)26(36)32-14-20(34)13-22(32)25(35)30-21(15-33)18-8-10-19(11-9-18)23-17(2)29-16-39-23/h8-11,16,20-22,24,33-34H,6-7,12-15H2,1-5H3,(H,30,35)(H,31,37)/t20-,21+,22+,24-/m1/s1. The summed E-state index contributed by atoms with van der Waals surface area (Å²) in [5, 5.41) is 25.9. The molecule has 11 heteroatoms. The van der Waals surface area contributed by atoms with Gasteiger partial charge in [0, 0.05) is 13.0 Å². The van der Waals surface area contributed by atoms with Gasteiger partial charge in [-0.2, -0.15) is 0 Å². The Labute approximate surface area is 233 Å². The predicted octanol–water partition coefficient (Wildman–Crippen LogP) is 3.17. The molecule has 0 bridgehead atoms. The molecule has 1 aliphatic heterocycles. The molecule has 3 rings (SSSR count). The van der Waals surface area contributed by atoms with Gasteiger partial charge in [0.2, 0.25) is 11.8 Å². The van der Waals surface area contributed by atoms with Crippen molar-refractivity contribution in [2.45, 2.75) is 78.1 Å². The van der Waals surface area contributed by atoms with Gasteiger partial charge in [0.1, 0.15) is 12.1 Å². The Morgan fingerprint density at radius 1 is 1.21 bits per heavy atom. The number of nitrogens with zero attached hydrogens (tertiary/aromatic N) is 2. The molecule has 3 amide bonds. The van der Waals surface area contributed by atoms with Crippen molar-refractivity contribution in [3.63, 3.8) is 0 Å². The molecular weight excluding hydrogens is 520 g/mol. The van der Waals surface area contributed by atoms with Crippen molar-refractivity contribution in [3.8, 4) is 10.4 Å². The highest BCUT2D eigenvalue weighted by molar-refractivity contribution is 7.13. The van der Waals surface area contributed by atoms with Crippen molar-refractivity contribution < 1.29 is 29.3 Å². The van der Waals surface area contributed by atoms with Gasteiger partial charge >= 0.3 is 6.09 Å². The van der Waals surface area contributed by atoms with Crippen LogP contribution < -0.4 is 10.6 Å². The maximum atomic E-state index is 13.6. The zero-order chi connectivity index (χ0) is 28.7. The molecule has 0 spiro atoms. The monoisotopic (exact) mass is 560 g/mol. The second-order valence-corrected chi connectivity index (χ2v) is 11.8. The molecule has 2 aromatic rings. The lowest BCUT2D eigenvalue weighted by Gasteiger charge is -2.35. The van der Waals surface area contributed by atoms with Crippen LogP contribution in [0.4, 0.5) is 4.79 Å². The molecule has 39 heavy (non-hydrogen) atoms. The molecule has 0 saturated carbocycles. The van der Waals surface area contributed by atoms with Crippen molar-refractivity contribution in [2.24, 2.45) is 5.41 Å². The molecule has 0 unspecified atom stereocenters. The fraction of sp³-hybridized carbons (Fsp3) is 0.571. The number of hydrogen-bond acceptors (Lipinski definition) is 8. The largest absolute Gasteiger partial charge is 0.450 e. The van der Waals surface area contributed by atoms with Crippen LogP contribution in [0.2, 0.25) is 0 Å². The van der Waals surface area contributed by atoms with Gasteiger partial charge < -0.3 is 30.5 Å². The zero-order valence-corrected chi connectivity index (χ0v) is 24.1. The van der Waals surface area contributed by atoms with Crippen LogP contribution >= 0.6 is 11.3 Å². The van der Waals surface area contributed by atoms with E-state index in [1.165, 1.54) is 16.2 Å². The molecular formula is C28H40N4O6S. The lowest BCUT2D eigenvalue weighted by atomic mass is 9.85. The number of amides is 3. The molecule has 4 atom stereocenters. The molecule has 4 N–H and O–H groups in total. The molecule has 10 nitrogen and oxygen atoms in total. The van der Waals surface area contributed by atoms with Gasteiger partial charge in [-0.3, -0.25) is 9.59 Å². The Balaban J connectivity index is 1.73. The van der Waals surface area contributed by atoms with Crippen LogP contribution in [-0.4, -0.2) is 76.0 Å². The number of aryl methyl sites for hydroxylation is 1. The summed E-state index contributed by atoms with van der Waals surface area (Å²) in [6.45, 7) is 9.20. The number of carbonyl (C=O) groups is 3. The Bertz CT molecular complexity index is 1130. The normalized spacial score (nSPS) is 18.9. The molecule has 0 radical (unpaired) electrons. The number of β-amino-alcohol motifs (C(OH)–C–C–N with tert-alkyl or cyclic N) is 1. The average Bonchev–Trinajstić information content (AvgIpc) is 3.50. The number of aromatic nitrogens is 1. The molecule has 1 aromatic heterocycles. The van der Waals surface area contributed by atoms with Gasteiger partial charge in [0.15, 0.2) is 0 Å². The minimum Gasteiger partial charge on any atom is -0.450 e. The summed E-state index contributed by atoms with van der Waals surface area (Å²) in [6, 6.07) is 4.89. The second-order valence-electron chi connectivity index (χ2n) is 11.0. The number of alkyl carbamates (subject to hydrolysis) is 1. The van der Waals surface area contributed by atoms with Crippen molar-refractivity contribution in [3.05, 3.63) is 41.0 Å². The van der Waals surface area contributed by atoms with Gasteiger partial charge in [-0.1, -0.05) is 58.4 Å². The number of carbonyl (C=O) groups excluding carboxylic acids is 3. The van der Waals surface area contributed by atoms with Crippen LogP contribution in [0, 0.1) is 12.3 Å². The third-order valence-corrected chi connectivity index (χ3v) is 7.77. The smallest absolute Gasteiger partial charge is 0.407 e. The lowest BCUT2D eigenvalue weighted by molar-refractivity contribution is -0.142. The van der Waals surface area contributed by atoms with Crippen LogP contribution in [0.15, 0.2) is 29.8 Å². The van der Waals surface area contributed by atoms with E-state index in [1.54, 1.807) is 5.51 Å². The van der Waals surface area contributed by atoms with Gasteiger partial charge in [0.25, 0.3) is 0 Å². The van der Waals surface area contributed by atoms with Crippen LogP contribution in [-0.2, 0) is 14.3 Å². The van der Waals surface area contributed by atoms with E-state index in [-0.39, 0.29) is 26.2 Å². The number of unbranched alkanes of at least 4 members (excludes halogenated alkanes) is 1.